The number of pyridine rings is 1. The second kappa shape index (κ2) is 8.50. The lowest BCUT2D eigenvalue weighted by Gasteiger charge is -2.43. The first-order chi connectivity index (χ1) is 17.4. The Bertz CT molecular complexity index is 1600. The highest BCUT2D eigenvalue weighted by Gasteiger charge is 2.31. The quantitative estimate of drug-likeness (QED) is 0.470. The summed E-state index contributed by atoms with van der Waals surface area (Å²) < 4.78 is 29.1. The number of nitrogens with zero attached hydrogens (tertiary/aromatic N) is 4. The molecule has 0 radical (unpaired) electrons. The molecule has 2 aromatic carbocycles. The van der Waals surface area contributed by atoms with Crippen LogP contribution < -0.4 is 15.1 Å². The van der Waals surface area contributed by atoms with Crippen LogP contribution in [0.2, 0.25) is 0 Å². The van der Waals surface area contributed by atoms with E-state index in [1.54, 1.807) is 18.2 Å². The van der Waals surface area contributed by atoms with E-state index < -0.39 is 5.82 Å². The summed E-state index contributed by atoms with van der Waals surface area (Å²) in [5, 5.41) is 10.4. The maximum Gasteiger partial charge on any atom is 0.202 e. The molecule has 36 heavy (non-hydrogen) atoms. The summed E-state index contributed by atoms with van der Waals surface area (Å²) in [5.74, 6) is -0.537. The van der Waals surface area contributed by atoms with Crippen molar-refractivity contribution in [2.75, 3.05) is 51.4 Å². The minimum atomic E-state index is -0.635. The van der Waals surface area contributed by atoms with Gasteiger partial charge in [-0.2, -0.15) is 5.26 Å². The van der Waals surface area contributed by atoms with Crippen molar-refractivity contribution in [2.45, 2.75) is 25.9 Å². The van der Waals surface area contributed by atoms with E-state index in [9.17, 15) is 10.1 Å². The van der Waals surface area contributed by atoms with Gasteiger partial charge in [-0.25, -0.2) is 4.39 Å². The van der Waals surface area contributed by atoms with Crippen LogP contribution in [0.15, 0.2) is 29.1 Å². The molecular weight excluding hydrogens is 461 g/mol. The average molecular weight is 490 g/mol. The number of hydrogen-bond donors (Lipinski definition) is 1. The number of hydrogen-bond acceptors (Lipinski definition) is 6. The molecule has 4 aromatic rings. The molecule has 8 nitrogen and oxygen atoms in total. The van der Waals surface area contributed by atoms with Gasteiger partial charge in [-0.1, -0.05) is 6.07 Å². The van der Waals surface area contributed by atoms with E-state index in [1.807, 2.05) is 24.5 Å². The Morgan fingerprint density at radius 2 is 1.92 bits per heavy atom. The number of ether oxygens (including phenoxy) is 2. The molecule has 0 amide bonds. The van der Waals surface area contributed by atoms with Crippen LogP contribution in [-0.4, -0.2) is 67.0 Å². The molecule has 2 aliphatic heterocycles. The molecule has 0 unspecified atom stereocenters. The van der Waals surface area contributed by atoms with Crippen LogP contribution >= 0.6 is 0 Å². The van der Waals surface area contributed by atoms with Gasteiger partial charge in [-0.05, 0) is 32.0 Å². The maximum atomic E-state index is 16.2. The fourth-order valence-electron chi connectivity index (χ4n) is 5.65. The predicted molar refractivity (Wildman–Crippen MR) is 138 cm³/mol. The van der Waals surface area contributed by atoms with Crippen molar-refractivity contribution >= 4 is 38.5 Å². The molecule has 2 aromatic heterocycles. The van der Waals surface area contributed by atoms with Gasteiger partial charge in [0.05, 0.1) is 60.0 Å². The van der Waals surface area contributed by atoms with Gasteiger partial charge in [0.15, 0.2) is 11.6 Å². The molecule has 2 fully saturated rings. The highest BCUT2D eigenvalue weighted by Crippen LogP contribution is 2.39. The van der Waals surface area contributed by atoms with Crippen molar-refractivity contribution in [1.29, 1.82) is 5.26 Å². The number of aromatic amines is 1. The van der Waals surface area contributed by atoms with Gasteiger partial charge >= 0.3 is 0 Å². The topological polar surface area (TPSA) is 86.5 Å². The average Bonchev–Trinajstić information content (AvgIpc) is 3.21. The van der Waals surface area contributed by atoms with Crippen LogP contribution in [0.3, 0.4) is 0 Å². The first-order valence-corrected chi connectivity index (χ1v) is 12.3. The Labute approximate surface area is 207 Å². The zero-order valence-electron chi connectivity index (χ0n) is 20.6. The molecule has 9 heteroatoms. The molecule has 0 bridgehead atoms. The number of fused-ring (bicyclic) bond motifs is 4. The fourth-order valence-corrected chi connectivity index (χ4v) is 5.65. The minimum absolute atomic E-state index is 0.0207. The third-order valence-corrected chi connectivity index (χ3v) is 7.56. The third-order valence-electron chi connectivity index (χ3n) is 7.56. The fraction of sp³-hybridized carbons (Fsp3) is 0.407. The third kappa shape index (κ3) is 3.29. The van der Waals surface area contributed by atoms with E-state index in [0.29, 0.717) is 44.7 Å². The molecule has 0 spiro atoms. The smallest absolute Gasteiger partial charge is 0.202 e. The number of piperazine rings is 1. The monoisotopic (exact) mass is 489 g/mol. The van der Waals surface area contributed by atoms with Gasteiger partial charge in [0.1, 0.15) is 5.65 Å². The Hall–Kier alpha value is -3.61. The van der Waals surface area contributed by atoms with Gasteiger partial charge in [0, 0.05) is 43.1 Å². The van der Waals surface area contributed by atoms with Crippen LogP contribution in [0.25, 0.3) is 32.8 Å². The van der Waals surface area contributed by atoms with E-state index in [2.05, 4.69) is 20.9 Å². The Morgan fingerprint density at radius 1 is 1.17 bits per heavy atom. The molecule has 1 N–H and O–H groups in total. The summed E-state index contributed by atoms with van der Waals surface area (Å²) in [5.41, 5.74) is 2.59. The molecule has 186 valence electrons. The first kappa shape index (κ1) is 22.8. The SMILES string of the molecule is COc1c(N2CCN(C3COC3)CC2)cc2c(c1F)c(=O)c1c3ccc(C#N)cc3[nH]c1n2C(C)C. The number of methoxy groups -OCH3 is 1. The van der Waals surface area contributed by atoms with Gasteiger partial charge in [0.25, 0.3) is 0 Å². The second-order valence-corrected chi connectivity index (χ2v) is 9.86. The number of rotatable bonds is 4. The minimum Gasteiger partial charge on any atom is -0.492 e. The number of H-pyrrole nitrogens is 1. The summed E-state index contributed by atoms with van der Waals surface area (Å²) in [6.45, 7) is 8.74. The van der Waals surface area contributed by atoms with E-state index in [4.69, 9.17) is 9.47 Å². The second-order valence-electron chi connectivity index (χ2n) is 9.86. The molecule has 0 aliphatic carbocycles. The highest BCUT2D eigenvalue weighted by molar-refractivity contribution is 6.10. The van der Waals surface area contributed by atoms with Crippen LogP contribution in [0.4, 0.5) is 10.1 Å². The lowest BCUT2D eigenvalue weighted by molar-refractivity contribution is -0.0660. The number of anilines is 1. The Balaban J connectivity index is 1.59. The number of benzene rings is 2. The van der Waals surface area contributed by atoms with Gasteiger partial charge in [-0.3, -0.25) is 9.69 Å². The van der Waals surface area contributed by atoms with Crippen molar-refractivity contribution in [3.63, 3.8) is 0 Å². The molecule has 0 saturated carbocycles. The van der Waals surface area contributed by atoms with Gasteiger partial charge < -0.3 is 23.9 Å². The van der Waals surface area contributed by atoms with Crippen molar-refractivity contribution < 1.29 is 13.9 Å². The Kier molecular flexibility index (Phi) is 5.39. The molecule has 6 rings (SSSR count). The highest BCUT2D eigenvalue weighted by atomic mass is 19.1. The van der Waals surface area contributed by atoms with Crippen molar-refractivity contribution in [3.05, 3.63) is 45.9 Å². The van der Waals surface area contributed by atoms with E-state index in [-0.39, 0.29) is 22.6 Å². The first-order valence-electron chi connectivity index (χ1n) is 12.3. The van der Waals surface area contributed by atoms with Gasteiger partial charge in [0.2, 0.25) is 5.43 Å². The maximum absolute atomic E-state index is 16.2. The zero-order valence-corrected chi connectivity index (χ0v) is 20.6. The van der Waals surface area contributed by atoms with Crippen molar-refractivity contribution in [1.82, 2.24) is 14.5 Å². The number of aromatic nitrogens is 2. The Morgan fingerprint density at radius 3 is 2.53 bits per heavy atom. The molecule has 4 heterocycles. The number of nitriles is 1. The molecule has 0 atom stereocenters. The summed E-state index contributed by atoms with van der Waals surface area (Å²) in [4.78, 5) is 21.7. The van der Waals surface area contributed by atoms with Crippen LogP contribution in [-0.2, 0) is 4.74 Å². The van der Waals surface area contributed by atoms with Gasteiger partial charge in [-0.15, -0.1) is 0 Å². The molecule has 2 aliphatic rings. The standard InChI is InChI=1S/C27H28FN5O3/c1-15(2)33-20-11-21(32-8-6-31(7-9-32)17-13-36-14-17)26(35-3)24(28)23(20)25(34)22-18-5-4-16(12-29)10-19(18)30-27(22)33/h4-5,10-11,15,17,30H,6-9,13-14H2,1-3H3. The predicted octanol–water partition coefficient (Wildman–Crippen LogP) is 3.76. The van der Waals surface area contributed by atoms with Crippen LogP contribution in [0.5, 0.6) is 5.75 Å². The normalized spacial score (nSPS) is 17.3. The summed E-state index contributed by atoms with van der Waals surface area (Å²) in [6, 6.07) is 9.58. The van der Waals surface area contributed by atoms with E-state index >= 15 is 4.39 Å². The summed E-state index contributed by atoms with van der Waals surface area (Å²) in [6.07, 6.45) is 0. The van der Waals surface area contributed by atoms with Crippen LogP contribution in [0, 0.1) is 17.1 Å². The lowest BCUT2D eigenvalue weighted by atomic mass is 10.1. The van der Waals surface area contributed by atoms with Crippen molar-refractivity contribution in [3.8, 4) is 11.8 Å². The van der Waals surface area contributed by atoms with Crippen LogP contribution in [0.1, 0.15) is 25.5 Å². The number of nitrogens with one attached hydrogen (secondary N) is 1. The lowest BCUT2D eigenvalue weighted by Crippen LogP contribution is -2.56. The van der Waals surface area contributed by atoms with Crippen molar-refractivity contribution in [2.24, 2.45) is 0 Å². The zero-order chi connectivity index (χ0) is 25.1. The summed E-state index contributed by atoms with van der Waals surface area (Å²) >= 11 is 0. The molecular formula is C27H28FN5O3. The summed E-state index contributed by atoms with van der Waals surface area (Å²) in [7, 11) is 1.45. The van der Waals surface area contributed by atoms with E-state index in [0.717, 1.165) is 39.4 Å². The molecule has 2 saturated heterocycles. The van der Waals surface area contributed by atoms with E-state index in [1.165, 1.54) is 7.11 Å². The number of halogens is 1. The largest absolute Gasteiger partial charge is 0.492 e.